The third-order valence-corrected chi connectivity index (χ3v) is 2.51. The van der Waals surface area contributed by atoms with Crippen molar-refractivity contribution in [1.82, 2.24) is 0 Å². The van der Waals surface area contributed by atoms with Crippen LogP contribution in [0.1, 0.15) is 12.5 Å². The topological polar surface area (TPSA) is 79.2 Å². The molecule has 0 aromatic heterocycles. The first-order valence-corrected chi connectivity index (χ1v) is 6.11. The van der Waals surface area contributed by atoms with Crippen LogP contribution in [0, 0.1) is 0 Å². The van der Waals surface area contributed by atoms with Gasteiger partial charge < -0.3 is 24.8 Å². The third-order valence-electron chi connectivity index (χ3n) is 2.51. The highest BCUT2D eigenvalue weighted by Gasteiger charge is 2.27. The third kappa shape index (κ3) is 4.65. The van der Waals surface area contributed by atoms with E-state index in [1.165, 1.54) is 0 Å². The zero-order valence-corrected chi connectivity index (χ0v) is 10.9. The van der Waals surface area contributed by atoms with E-state index in [4.69, 9.17) is 9.47 Å². The van der Waals surface area contributed by atoms with Gasteiger partial charge in [-0.05, 0) is 25.0 Å². The van der Waals surface area contributed by atoms with Crippen molar-refractivity contribution in [2.24, 2.45) is 0 Å². The molecular formula is C14H20O5. The number of aliphatic hydroxyl groups is 3. The van der Waals surface area contributed by atoms with Gasteiger partial charge in [0.15, 0.2) is 12.4 Å². The minimum Gasteiger partial charge on any atom is -0.462 e. The highest BCUT2D eigenvalue weighted by Crippen LogP contribution is 2.21. The van der Waals surface area contributed by atoms with E-state index in [0.29, 0.717) is 12.2 Å². The van der Waals surface area contributed by atoms with Gasteiger partial charge in [-0.3, -0.25) is 0 Å². The summed E-state index contributed by atoms with van der Waals surface area (Å²) in [5.74, 6) is 0.428. The molecule has 1 rings (SSSR count). The number of aliphatic hydroxyl groups excluding tert-OH is 3. The molecule has 0 amide bonds. The van der Waals surface area contributed by atoms with Crippen LogP contribution in [0.2, 0.25) is 0 Å². The molecule has 3 N–H and O–H groups in total. The lowest BCUT2D eigenvalue weighted by atomic mass is 10.1. The summed E-state index contributed by atoms with van der Waals surface area (Å²) in [7, 11) is 0. The van der Waals surface area contributed by atoms with Crippen LogP contribution in [0.15, 0.2) is 36.9 Å². The molecule has 3 atom stereocenters. The molecule has 5 heteroatoms. The normalized spacial score (nSPS) is 15.6. The molecule has 1 aromatic rings. The molecule has 1 aromatic carbocycles. The van der Waals surface area contributed by atoms with Crippen LogP contribution in [0.3, 0.4) is 0 Å². The maximum absolute atomic E-state index is 9.72. The number of para-hydroxylation sites is 1. The highest BCUT2D eigenvalue weighted by molar-refractivity contribution is 5.34. The van der Waals surface area contributed by atoms with Gasteiger partial charge in [0.1, 0.15) is 5.75 Å². The molecule has 5 nitrogen and oxygen atoms in total. The fraction of sp³-hybridized carbons (Fsp3) is 0.429. The number of hydrogen-bond acceptors (Lipinski definition) is 5. The van der Waals surface area contributed by atoms with Crippen LogP contribution in [0.4, 0.5) is 0 Å². The van der Waals surface area contributed by atoms with Crippen molar-refractivity contribution in [2.45, 2.75) is 32.0 Å². The Morgan fingerprint density at radius 1 is 1.21 bits per heavy atom. The van der Waals surface area contributed by atoms with Crippen LogP contribution in [0.5, 0.6) is 5.75 Å². The van der Waals surface area contributed by atoms with E-state index < -0.39 is 18.7 Å². The summed E-state index contributed by atoms with van der Waals surface area (Å²) in [5.41, 5.74) is 0.828. The lowest BCUT2D eigenvalue weighted by molar-refractivity contribution is -0.220. The monoisotopic (exact) mass is 268 g/mol. The second-order valence-electron chi connectivity index (χ2n) is 3.95. The van der Waals surface area contributed by atoms with Crippen molar-refractivity contribution in [3.63, 3.8) is 0 Å². The van der Waals surface area contributed by atoms with E-state index in [0.717, 1.165) is 5.56 Å². The van der Waals surface area contributed by atoms with Gasteiger partial charge in [-0.25, -0.2) is 0 Å². The summed E-state index contributed by atoms with van der Waals surface area (Å²) in [6.45, 7) is 5.53. The number of benzene rings is 1. The molecule has 0 fully saturated rings. The summed E-state index contributed by atoms with van der Waals surface area (Å²) in [6, 6.07) is 7.08. The van der Waals surface area contributed by atoms with E-state index in [-0.39, 0.29) is 6.61 Å². The Morgan fingerprint density at radius 2 is 1.89 bits per heavy atom. The highest BCUT2D eigenvalue weighted by atomic mass is 16.6. The largest absolute Gasteiger partial charge is 0.462 e. The van der Waals surface area contributed by atoms with E-state index in [1.54, 1.807) is 25.1 Å². The van der Waals surface area contributed by atoms with E-state index in [1.807, 2.05) is 12.1 Å². The Morgan fingerprint density at radius 3 is 2.53 bits per heavy atom. The second kappa shape index (κ2) is 7.91. The van der Waals surface area contributed by atoms with Crippen LogP contribution in [-0.4, -0.2) is 40.6 Å². The Labute approximate surface area is 112 Å². The molecule has 0 bridgehead atoms. The smallest absolute Gasteiger partial charge is 0.228 e. The predicted octanol–water partition coefficient (Wildman–Crippen LogP) is 0.828. The summed E-state index contributed by atoms with van der Waals surface area (Å²) in [5, 5.41) is 28.8. The van der Waals surface area contributed by atoms with Gasteiger partial charge in [-0.1, -0.05) is 24.3 Å². The lowest BCUT2D eigenvalue weighted by Crippen LogP contribution is -2.42. The van der Waals surface area contributed by atoms with Crippen molar-refractivity contribution >= 4 is 0 Å². The maximum Gasteiger partial charge on any atom is 0.228 e. The average Bonchev–Trinajstić information content (AvgIpc) is 2.40. The van der Waals surface area contributed by atoms with Crippen molar-refractivity contribution in [2.75, 3.05) is 6.61 Å². The van der Waals surface area contributed by atoms with Gasteiger partial charge in [-0.15, -0.1) is 6.58 Å². The number of ether oxygens (including phenoxy) is 2. The number of allylic oxidation sites excluding steroid dienone is 1. The molecule has 19 heavy (non-hydrogen) atoms. The van der Waals surface area contributed by atoms with Gasteiger partial charge in [-0.2, -0.15) is 0 Å². The van der Waals surface area contributed by atoms with Crippen LogP contribution in [0.25, 0.3) is 0 Å². The zero-order valence-electron chi connectivity index (χ0n) is 10.9. The molecule has 0 aliphatic rings. The second-order valence-corrected chi connectivity index (χ2v) is 3.95. The van der Waals surface area contributed by atoms with Crippen LogP contribution < -0.4 is 4.74 Å². The number of rotatable bonds is 8. The van der Waals surface area contributed by atoms with Gasteiger partial charge >= 0.3 is 0 Å². The first-order valence-electron chi connectivity index (χ1n) is 6.11. The SMILES string of the molecule is C=CCc1ccccc1OC(O)C(O)C(O)OCC. The first kappa shape index (κ1) is 15.7. The maximum atomic E-state index is 9.72. The summed E-state index contributed by atoms with van der Waals surface area (Å²) in [6.07, 6.45) is -2.33. The van der Waals surface area contributed by atoms with Crippen LogP contribution in [-0.2, 0) is 11.2 Å². The Kier molecular flexibility index (Phi) is 6.52. The number of hydrogen-bond donors (Lipinski definition) is 3. The first-order chi connectivity index (χ1) is 9.10. The van der Waals surface area contributed by atoms with Gasteiger partial charge in [0, 0.05) is 6.61 Å². The zero-order chi connectivity index (χ0) is 14.3. The molecule has 0 saturated heterocycles. The molecule has 0 heterocycles. The van der Waals surface area contributed by atoms with Crippen molar-refractivity contribution in [3.8, 4) is 5.75 Å². The standard InChI is InChI=1S/C14H20O5/c1-3-7-10-8-5-6-9-11(10)19-14(17)12(15)13(16)18-4-2/h3,5-6,8-9,12-17H,1,4,7H2,2H3. The average molecular weight is 268 g/mol. The quantitative estimate of drug-likeness (QED) is 0.481. The fourth-order valence-electron chi connectivity index (χ4n) is 1.55. The Hall–Kier alpha value is -1.40. The molecule has 0 aliphatic carbocycles. The molecular weight excluding hydrogens is 248 g/mol. The van der Waals surface area contributed by atoms with Crippen molar-refractivity contribution < 1.29 is 24.8 Å². The molecule has 0 saturated carbocycles. The summed E-state index contributed by atoms with van der Waals surface area (Å²) >= 11 is 0. The van der Waals surface area contributed by atoms with Crippen molar-refractivity contribution in [1.29, 1.82) is 0 Å². The van der Waals surface area contributed by atoms with Gasteiger partial charge in [0.25, 0.3) is 0 Å². The van der Waals surface area contributed by atoms with Gasteiger partial charge in [0.05, 0.1) is 0 Å². The van der Waals surface area contributed by atoms with E-state index in [2.05, 4.69) is 6.58 Å². The van der Waals surface area contributed by atoms with Crippen molar-refractivity contribution in [3.05, 3.63) is 42.5 Å². The fourth-order valence-corrected chi connectivity index (χ4v) is 1.55. The summed E-state index contributed by atoms with van der Waals surface area (Å²) in [4.78, 5) is 0. The van der Waals surface area contributed by atoms with Crippen LogP contribution >= 0.6 is 0 Å². The molecule has 3 unspecified atom stereocenters. The predicted molar refractivity (Wildman–Crippen MR) is 70.6 cm³/mol. The van der Waals surface area contributed by atoms with Gasteiger partial charge in [0.2, 0.25) is 6.29 Å². The Bertz CT molecular complexity index is 393. The molecule has 0 radical (unpaired) electrons. The lowest BCUT2D eigenvalue weighted by Gasteiger charge is -2.24. The Balaban J connectivity index is 2.70. The molecule has 0 aliphatic heterocycles. The minimum absolute atomic E-state index is 0.220. The molecule has 0 spiro atoms. The van der Waals surface area contributed by atoms with E-state index in [9.17, 15) is 15.3 Å². The van der Waals surface area contributed by atoms with E-state index >= 15 is 0 Å². The molecule has 106 valence electrons. The summed E-state index contributed by atoms with van der Waals surface area (Å²) < 4.78 is 10.0. The minimum atomic E-state index is -1.58.